The lowest BCUT2D eigenvalue weighted by Crippen LogP contribution is -2.52. The molecular formula is C19H27FN4O2. The Balaban J connectivity index is 1.55. The molecule has 0 bridgehead atoms. The number of rotatable bonds is 5. The Hall–Kier alpha value is -1.99. The van der Waals surface area contributed by atoms with E-state index in [0.717, 1.165) is 25.9 Å². The van der Waals surface area contributed by atoms with Gasteiger partial charge in [-0.3, -0.25) is 19.4 Å². The molecule has 1 aromatic carbocycles. The first-order valence-electron chi connectivity index (χ1n) is 9.33. The van der Waals surface area contributed by atoms with Crippen LogP contribution in [-0.2, 0) is 9.59 Å². The van der Waals surface area contributed by atoms with Gasteiger partial charge in [0.2, 0.25) is 11.8 Å². The maximum Gasteiger partial charge on any atom is 0.239 e. The van der Waals surface area contributed by atoms with Crippen molar-refractivity contribution in [3.05, 3.63) is 35.6 Å². The Morgan fingerprint density at radius 1 is 0.962 bits per heavy atom. The van der Waals surface area contributed by atoms with Gasteiger partial charge in [0.05, 0.1) is 6.54 Å². The smallest absolute Gasteiger partial charge is 0.239 e. The van der Waals surface area contributed by atoms with Gasteiger partial charge >= 0.3 is 0 Å². The number of hydrogen-bond acceptors (Lipinski definition) is 4. The minimum atomic E-state index is -0.560. The first-order valence-corrected chi connectivity index (χ1v) is 9.33. The van der Waals surface area contributed by atoms with Gasteiger partial charge in [-0.2, -0.15) is 0 Å². The van der Waals surface area contributed by atoms with E-state index >= 15 is 0 Å². The van der Waals surface area contributed by atoms with Crippen LogP contribution in [0.2, 0.25) is 0 Å². The number of primary amides is 1. The maximum absolute atomic E-state index is 13.1. The summed E-state index contributed by atoms with van der Waals surface area (Å²) in [5.74, 6) is -0.574. The molecule has 6 nitrogen and oxygen atoms in total. The third-order valence-electron chi connectivity index (χ3n) is 5.29. The average molecular weight is 362 g/mol. The van der Waals surface area contributed by atoms with Crippen molar-refractivity contribution in [2.75, 3.05) is 45.8 Å². The second-order valence-electron chi connectivity index (χ2n) is 7.11. The highest BCUT2D eigenvalue weighted by Gasteiger charge is 2.30. The highest BCUT2D eigenvalue weighted by atomic mass is 19.1. The predicted molar refractivity (Wildman–Crippen MR) is 96.8 cm³/mol. The zero-order valence-electron chi connectivity index (χ0n) is 15.1. The molecule has 2 N–H and O–H groups in total. The largest absolute Gasteiger partial charge is 0.368 e. The van der Waals surface area contributed by atoms with Crippen molar-refractivity contribution in [3.63, 3.8) is 0 Å². The standard InChI is InChI=1S/C19H27FN4O2/c20-16-6-4-15(5-7-16)18(19(21)26)24-12-10-22(11-13-24)14-17(25)23-8-2-1-3-9-23/h4-7,18H,1-3,8-14H2,(H2,21,26)/t18-/m1/s1. The first-order chi connectivity index (χ1) is 12.5. The van der Waals surface area contributed by atoms with Crippen molar-refractivity contribution in [2.45, 2.75) is 25.3 Å². The highest BCUT2D eigenvalue weighted by Crippen LogP contribution is 2.22. The Kier molecular flexibility index (Phi) is 6.21. The molecule has 0 radical (unpaired) electrons. The number of carbonyl (C=O) groups is 2. The molecular weight excluding hydrogens is 335 g/mol. The average Bonchev–Trinajstić information content (AvgIpc) is 2.65. The maximum atomic E-state index is 13.1. The van der Waals surface area contributed by atoms with Crippen LogP contribution in [-0.4, -0.2) is 72.3 Å². The van der Waals surface area contributed by atoms with E-state index in [4.69, 9.17) is 5.73 Å². The summed E-state index contributed by atoms with van der Waals surface area (Å²) in [7, 11) is 0. The summed E-state index contributed by atoms with van der Waals surface area (Å²) in [5, 5.41) is 0. The fraction of sp³-hybridized carbons (Fsp3) is 0.579. The lowest BCUT2D eigenvalue weighted by Gasteiger charge is -2.38. The Morgan fingerprint density at radius 3 is 2.15 bits per heavy atom. The zero-order valence-corrected chi connectivity index (χ0v) is 15.1. The van der Waals surface area contributed by atoms with Gasteiger partial charge in [0, 0.05) is 39.3 Å². The fourth-order valence-corrected chi connectivity index (χ4v) is 3.81. The summed E-state index contributed by atoms with van der Waals surface area (Å²) in [6, 6.07) is 5.35. The van der Waals surface area contributed by atoms with Crippen LogP contribution >= 0.6 is 0 Å². The van der Waals surface area contributed by atoms with E-state index in [0.29, 0.717) is 38.3 Å². The first kappa shape index (κ1) is 18.8. The highest BCUT2D eigenvalue weighted by molar-refractivity contribution is 5.81. The number of nitrogens with zero attached hydrogens (tertiary/aromatic N) is 3. The molecule has 0 unspecified atom stereocenters. The van der Waals surface area contributed by atoms with Crippen molar-refractivity contribution in [1.82, 2.24) is 14.7 Å². The Labute approximate surface area is 153 Å². The van der Waals surface area contributed by atoms with E-state index < -0.39 is 11.9 Å². The topological polar surface area (TPSA) is 69.9 Å². The molecule has 0 saturated carbocycles. The fourth-order valence-electron chi connectivity index (χ4n) is 3.81. The molecule has 3 rings (SSSR count). The molecule has 2 amide bonds. The molecule has 2 fully saturated rings. The summed E-state index contributed by atoms with van der Waals surface area (Å²) in [6.07, 6.45) is 3.40. The number of nitrogens with two attached hydrogens (primary N) is 1. The number of benzene rings is 1. The second-order valence-corrected chi connectivity index (χ2v) is 7.11. The van der Waals surface area contributed by atoms with Crippen LogP contribution in [0.5, 0.6) is 0 Å². The molecule has 142 valence electrons. The van der Waals surface area contributed by atoms with E-state index in [2.05, 4.69) is 4.90 Å². The number of carbonyl (C=O) groups excluding carboxylic acids is 2. The molecule has 0 aromatic heterocycles. The lowest BCUT2D eigenvalue weighted by atomic mass is 10.0. The summed E-state index contributed by atoms with van der Waals surface area (Å²) < 4.78 is 13.1. The van der Waals surface area contributed by atoms with Crippen LogP contribution in [0.25, 0.3) is 0 Å². The molecule has 0 aliphatic carbocycles. The van der Waals surface area contributed by atoms with E-state index in [1.807, 2.05) is 9.80 Å². The van der Waals surface area contributed by atoms with Gasteiger partial charge in [0.25, 0.3) is 0 Å². The van der Waals surface area contributed by atoms with Gasteiger partial charge in [0.15, 0.2) is 0 Å². The zero-order chi connectivity index (χ0) is 18.5. The summed E-state index contributed by atoms with van der Waals surface area (Å²) in [6.45, 7) is 4.90. The van der Waals surface area contributed by atoms with Gasteiger partial charge < -0.3 is 10.6 Å². The van der Waals surface area contributed by atoms with Gasteiger partial charge in [-0.05, 0) is 37.0 Å². The number of halogens is 1. The SMILES string of the molecule is NC(=O)[C@@H](c1ccc(F)cc1)N1CCN(CC(=O)N2CCCCC2)CC1. The van der Waals surface area contributed by atoms with Crippen LogP contribution in [0, 0.1) is 5.82 Å². The van der Waals surface area contributed by atoms with E-state index in [1.54, 1.807) is 12.1 Å². The molecule has 7 heteroatoms. The number of hydrogen-bond donors (Lipinski definition) is 1. The van der Waals surface area contributed by atoms with Gasteiger partial charge in [-0.1, -0.05) is 12.1 Å². The van der Waals surface area contributed by atoms with Crippen molar-refractivity contribution < 1.29 is 14.0 Å². The van der Waals surface area contributed by atoms with Crippen molar-refractivity contribution >= 4 is 11.8 Å². The number of likely N-dealkylation sites (tertiary alicyclic amines) is 1. The van der Waals surface area contributed by atoms with Crippen molar-refractivity contribution in [2.24, 2.45) is 5.73 Å². The minimum absolute atomic E-state index is 0.197. The van der Waals surface area contributed by atoms with Gasteiger partial charge in [-0.15, -0.1) is 0 Å². The van der Waals surface area contributed by atoms with Crippen LogP contribution in [0.1, 0.15) is 30.9 Å². The molecule has 2 heterocycles. The number of amides is 2. The summed E-state index contributed by atoms with van der Waals surface area (Å²) in [5.41, 5.74) is 6.31. The summed E-state index contributed by atoms with van der Waals surface area (Å²) >= 11 is 0. The minimum Gasteiger partial charge on any atom is -0.368 e. The van der Waals surface area contributed by atoms with Crippen LogP contribution in [0.15, 0.2) is 24.3 Å². The predicted octanol–water partition coefficient (Wildman–Crippen LogP) is 0.982. The molecule has 0 spiro atoms. The normalized spacial score (nSPS) is 20.7. The molecule has 26 heavy (non-hydrogen) atoms. The monoisotopic (exact) mass is 362 g/mol. The van der Waals surface area contributed by atoms with Crippen LogP contribution < -0.4 is 5.73 Å². The molecule has 1 atom stereocenters. The quantitative estimate of drug-likeness (QED) is 0.848. The Morgan fingerprint density at radius 2 is 1.58 bits per heavy atom. The van der Waals surface area contributed by atoms with E-state index in [-0.39, 0.29) is 11.7 Å². The molecule has 1 aromatic rings. The van der Waals surface area contributed by atoms with Crippen molar-refractivity contribution in [3.8, 4) is 0 Å². The van der Waals surface area contributed by atoms with Crippen molar-refractivity contribution in [1.29, 1.82) is 0 Å². The molecule has 2 aliphatic rings. The van der Waals surface area contributed by atoms with Gasteiger partial charge in [-0.25, -0.2) is 4.39 Å². The summed E-state index contributed by atoms with van der Waals surface area (Å²) in [4.78, 5) is 30.5. The van der Waals surface area contributed by atoms with E-state index in [9.17, 15) is 14.0 Å². The lowest BCUT2D eigenvalue weighted by molar-refractivity contribution is -0.134. The van der Waals surface area contributed by atoms with Gasteiger partial charge in [0.1, 0.15) is 11.9 Å². The number of piperazine rings is 1. The van der Waals surface area contributed by atoms with E-state index in [1.165, 1.54) is 18.6 Å². The molecule has 2 saturated heterocycles. The van der Waals surface area contributed by atoms with Crippen LogP contribution in [0.3, 0.4) is 0 Å². The third-order valence-corrected chi connectivity index (χ3v) is 5.29. The second kappa shape index (κ2) is 8.60. The number of piperidine rings is 1. The third kappa shape index (κ3) is 4.59. The molecule has 2 aliphatic heterocycles. The Bertz CT molecular complexity index is 623. The van der Waals surface area contributed by atoms with Crippen LogP contribution in [0.4, 0.5) is 4.39 Å².